The third kappa shape index (κ3) is 3.08. The second kappa shape index (κ2) is 6.76. The first-order valence-corrected chi connectivity index (χ1v) is 8.32. The molecule has 7 nitrogen and oxygen atoms in total. The zero-order chi connectivity index (χ0) is 17.3. The van der Waals surface area contributed by atoms with E-state index in [4.69, 9.17) is 4.74 Å². The smallest absolute Gasteiger partial charge is 0.272 e. The maximum atomic E-state index is 12.9. The Kier molecular flexibility index (Phi) is 4.71. The van der Waals surface area contributed by atoms with E-state index in [1.165, 1.54) is 0 Å². The van der Waals surface area contributed by atoms with E-state index in [0.717, 1.165) is 36.6 Å². The van der Waals surface area contributed by atoms with Gasteiger partial charge < -0.3 is 14.2 Å². The van der Waals surface area contributed by atoms with Crippen molar-refractivity contribution in [1.82, 2.24) is 24.2 Å². The molecule has 0 spiro atoms. The molecule has 1 aliphatic rings. The molecule has 1 unspecified atom stereocenters. The Morgan fingerprint density at radius 1 is 1.42 bits per heavy atom. The molecule has 2 aromatic heterocycles. The highest BCUT2D eigenvalue weighted by atomic mass is 16.5. The number of hydrogen-bond donors (Lipinski definition) is 0. The molecule has 1 aliphatic heterocycles. The van der Waals surface area contributed by atoms with E-state index >= 15 is 0 Å². The molecule has 1 amide bonds. The van der Waals surface area contributed by atoms with Gasteiger partial charge in [0.15, 0.2) is 0 Å². The number of carbonyl (C=O) groups excluding carboxylic acids is 1. The van der Waals surface area contributed by atoms with E-state index in [1.54, 1.807) is 11.8 Å². The van der Waals surface area contributed by atoms with Crippen LogP contribution in [-0.2, 0) is 18.4 Å². The molecule has 7 heteroatoms. The molecule has 2 aromatic rings. The van der Waals surface area contributed by atoms with Crippen LogP contribution < -0.4 is 0 Å². The fraction of sp³-hybridized carbons (Fsp3) is 0.588. The number of imidazole rings is 1. The van der Waals surface area contributed by atoms with Crippen LogP contribution >= 0.6 is 0 Å². The summed E-state index contributed by atoms with van der Waals surface area (Å²) in [6.07, 6.45) is 3.90. The van der Waals surface area contributed by atoms with Crippen LogP contribution in [0, 0.1) is 13.8 Å². The number of ether oxygens (including phenoxy) is 1. The average Bonchev–Trinajstić information content (AvgIpc) is 3.09. The van der Waals surface area contributed by atoms with E-state index in [1.807, 2.05) is 31.1 Å². The van der Waals surface area contributed by atoms with Crippen molar-refractivity contribution in [3.8, 4) is 0 Å². The topological polar surface area (TPSA) is 65.2 Å². The van der Waals surface area contributed by atoms with Gasteiger partial charge >= 0.3 is 0 Å². The molecule has 1 saturated heterocycles. The van der Waals surface area contributed by atoms with Gasteiger partial charge in [-0.2, -0.15) is 5.10 Å². The summed E-state index contributed by atoms with van der Waals surface area (Å²) < 4.78 is 9.15. The van der Waals surface area contributed by atoms with Gasteiger partial charge in [0.25, 0.3) is 5.91 Å². The predicted molar refractivity (Wildman–Crippen MR) is 89.8 cm³/mol. The van der Waals surface area contributed by atoms with Gasteiger partial charge in [0.1, 0.15) is 18.1 Å². The van der Waals surface area contributed by atoms with E-state index in [2.05, 4.69) is 21.6 Å². The minimum atomic E-state index is 0.0499. The number of piperidine rings is 1. The van der Waals surface area contributed by atoms with Gasteiger partial charge in [0, 0.05) is 39.1 Å². The minimum absolute atomic E-state index is 0.0499. The highest BCUT2D eigenvalue weighted by Gasteiger charge is 2.28. The summed E-state index contributed by atoms with van der Waals surface area (Å²) >= 11 is 0. The number of hydrogen-bond acceptors (Lipinski definition) is 4. The summed E-state index contributed by atoms with van der Waals surface area (Å²) in [6, 6.07) is 2.09. The summed E-state index contributed by atoms with van der Waals surface area (Å²) in [7, 11) is 3.49. The zero-order valence-electron chi connectivity index (χ0n) is 14.8. The van der Waals surface area contributed by atoms with E-state index in [9.17, 15) is 4.79 Å². The fourth-order valence-electron chi connectivity index (χ4n) is 3.55. The molecule has 3 heterocycles. The molecule has 0 radical (unpaired) electrons. The molecule has 0 aromatic carbocycles. The van der Waals surface area contributed by atoms with Gasteiger partial charge in [-0.15, -0.1) is 0 Å². The highest BCUT2D eigenvalue weighted by Crippen LogP contribution is 2.26. The van der Waals surface area contributed by atoms with Crippen molar-refractivity contribution in [2.24, 2.45) is 7.05 Å². The molecule has 24 heavy (non-hydrogen) atoms. The second-order valence-corrected chi connectivity index (χ2v) is 6.46. The van der Waals surface area contributed by atoms with Crippen LogP contribution in [-0.4, -0.2) is 50.3 Å². The van der Waals surface area contributed by atoms with Crippen molar-refractivity contribution >= 4 is 5.91 Å². The number of aryl methyl sites for hydroxylation is 3. The molecule has 1 fully saturated rings. The Balaban J connectivity index is 1.81. The molecule has 0 bridgehead atoms. The molecule has 0 aliphatic carbocycles. The van der Waals surface area contributed by atoms with Crippen LogP contribution in [0.15, 0.2) is 12.3 Å². The van der Waals surface area contributed by atoms with Crippen molar-refractivity contribution in [2.75, 3.05) is 20.2 Å². The van der Waals surface area contributed by atoms with Gasteiger partial charge in [0.2, 0.25) is 0 Å². The van der Waals surface area contributed by atoms with E-state index in [-0.39, 0.29) is 11.9 Å². The number of amides is 1. The zero-order valence-corrected chi connectivity index (χ0v) is 14.8. The number of aromatic nitrogens is 4. The first-order chi connectivity index (χ1) is 11.5. The maximum Gasteiger partial charge on any atom is 0.272 e. The molecule has 0 saturated carbocycles. The molecule has 0 N–H and O–H groups in total. The van der Waals surface area contributed by atoms with Crippen molar-refractivity contribution in [3.63, 3.8) is 0 Å². The Bertz CT molecular complexity index is 733. The van der Waals surface area contributed by atoms with Crippen molar-refractivity contribution in [3.05, 3.63) is 35.2 Å². The first kappa shape index (κ1) is 16.7. The Morgan fingerprint density at radius 3 is 2.88 bits per heavy atom. The minimum Gasteiger partial charge on any atom is -0.377 e. The lowest BCUT2D eigenvalue weighted by molar-refractivity contribution is 0.0661. The second-order valence-electron chi connectivity index (χ2n) is 6.46. The predicted octanol–water partition coefficient (Wildman–Crippen LogP) is 1.86. The SMILES string of the molecule is COCc1ncc(C)n1C1CCCN(C(=O)c2cc(C)nn2C)C1. The monoisotopic (exact) mass is 331 g/mol. The van der Waals surface area contributed by atoms with Gasteiger partial charge in [-0.05, 0) is 32.8 Å². The third-order valence-corrected chi connectivity index (χ3v) is 4.60. The summed E-state index contributed by atoms with van der Waals surface area (Å²) in [6.45, 7) is 5.92. The quantitative estimate of drug-likeness (QED) is 0.858. The van der Waals surface area contributed by atoms with Crippen molar-refractivity contribution in [2.45, 2.75) is 39.3 Å². The normalized spacial score (nSPS) is 18.2. The standard InChI is InChI=1S/C17H25N5O2/c1-12-8-15(20(3)19-12)17(23)21-7-5-6-14(10-21)22-13(2)9-18-16(22)11-24-4/h8-9,14H,5-7,10-11H2,1-4H3. The molecule has 3 rings (SSSR count). The lowest BCUT2D eigenvalue weighted by Crippen LogP contribution is -2.41. The van der Waals surface area contributed by atoms with Gasteiger partial charge in [0.05, 0.1) is 11.7 Å². The molecular formula is C17H25N5O2. The summed E-state index contributed by atoms with van der Waals surface area (Å²) in [5.74, 6) is 0.972. The van der Waals surface area contributed by atoms with Crippen LogP contribution in [0.5, 0.6) is 0 Å². The van der Waals surface area contributed by atoms with Crippen LogP contribution in [0.2, 0.25) is 0 Å². The first-order valence-electron chi connectivity index (χ1n) is 8.32. The number of carbonyl (C=O) groups is 1. The molecular weight excluding hydrogens is 306 g/mol. The lowest BCUT2D eigenvalue weighted by Gasteiger charge is -2.34. The van der Waals surface area contributed by atoms with E-state index < -0.39 is 0 Å². The summed E-state index contributed by atoms with van der Waals surface area (Å²) in [5, 5.41) is 4.29. The fourth-order valence-corrected chi connectivity index (χ4v) is 3.55. The Hall–Kier alpha value is -2.15. The van der Waals surface area contributed by atoms with Crippen LogP contribution in [0.4, 0.5) is 0 Å². The van der Waals surface area contributed by atoms with Gasteiger partial charge in [-0.1, -0.05) is 0 Å². The van der Waals surface area contributed by atoms with E-state index in [0.29, 0.717) is 18.8 Å². The van der Waals surface area contributed by atoms with Crippen LogP contribution in [0.25, 0.3) is 0 Å². The number of nitrogens with zero attached hydrogens (tertiary/aromatic N) is 5. The largest absolute Gasteiger partial charge is 0.377 e. The number of methoxy groups -OCH3 is 1. The number of rotatable bonds is 4. The Morgan fingerprint density at radius 2 is 2.21 bits per heavy atom. The Labute approximate surface area is 142 Å². The highest BCUT2D eigenvalue weighted by molar-refractivity contribution is 5.92. The van der Waals surface area contributed by atoms with Crippen molar-refractivity contribution in [1.29, 1.82) is 0 Å². The van der Waals surface area contributed by atoms with Crippen LogP contribution in [0.3, 0.4) is 0 Å². The molecule has 130 valence electrons. The molecule has 1 atom stereocenters. The van der Waals surface area contributed by atoms with Gasteiger partial charge in [-0.25, -0.2) is 4.98 Å². The van der Waals surface area contributed by atoms with Crippen LogP contribution in [0.1, 0.15) is 46.6 Å². The summed E-state index contributed by atoms with van der Waals surface area (Å²) in [4.78, 5) is 19.2. The van der Waals surface area contributed by atoms with Gasteiger partial charge in [-0.3, -0.25) is 9.48 Å². The average molecular weight is 331 g/mol. The third-order valence-electron chi connectivity index (χ3n) is 4.60. The lowest BCUT2D eigenvalue weighted by atomic mass is 10.0. The summed E-state index contributed by atoms with van der Waals surface area (Å²) in [5.41, 5.74) is 2.62. The van der Waals surface area contributed by atoms with Crippen molar-refractivity contribution < 1.29 is 9.53 Å². The maximum absolute atomic E-state index is 12.9. The number of likely N-dealkylation sites (tertiary alicyclic amines) is 1.